The van der Waals surface area contributed by atoms with E-state index in [1.165, 1.54) is 18.3 Å². The molecule has 6 nitrogen and oxygen atoms in total. The normalized spacial score (nSPS) is 16.4. The van der Waals surface area contributed by atoms with Crippen molar-refractivity contribution in [3.63, 3.8) is 0 Å². The fourth-order valence-electron chi connectivity index (χ4n) is 1.96. The summed E-state index contributed by atoms with van der Waals surface area (Å²) in [6, 6.07) is 6.43. The third-order valence-corrected chi connectivity index (χ3v) is 5.44. The maximum absolute atomic E-state index is 12.7. The number of primary amides is 1. The van der Waals surface area contributed by atoms with Gasteiger partial charge in [-0.05, 0) is 17.7 Å². The average Bonchev–Trinajstić information content (AvgIpc) is 2.91. The molecule has 2 N–H and O–H groups in total. The van der Waals surface area contributed by atoms with Gasteiger partial charge in [0.2, 0.25) is 5.13 Å². The van der Waals surface area contributed by atoms with Crippen LogP contribution >= 0.6 is 11.3 Å². The number of hydrogen-bond acceptors (Lipinski definition) is 5. The topological polar surface area (TPSA) is 93.4 Å². The molecule has 0 bridgehead atoms. The Morgan fingerprint density at radius 2 is 2.05 bits per heavy atom. The number of thiazole rings is 1. The van der Waals surface area contributed by atoms with Crippen LogP contribution in [0.5, 0.6) is 0 Å². The molecule has 0 saturated heterocycles. The number of sulfonamides is 1. The number of fused-ring (bicyclic) bond motifs is 1. The van der Waals surface area contributed by atoms with Crippen LogP contribution < -0.4 is 10.0 Å². The van der Waals surface area contributed by atoms with Crippen molar-refractivity contribution in [3.05, 3.63) is 47.1 Å². The largest absolute Gasteiger partial charge is 0.364 e. The first kappa shape index (κ1) is 12.8. The van der Waals surface area contributed by atoms with E-state index in [0.29, 0.717) is 5.56 Å². The Morgan fingerprint density at radius 3 is 2.70 bits per heavy atom. The molecule has 0 unspecified atom stereocenters. The molecule has 0 atom stereocenters. The molecule has 0 saturated carbocycles. The highest BCUT2D eigenvalue weighted by atomic mass is 32.2. The van der Waals surface area contributed by atoms with E-state index >= 15 is 0 Å². The Labute approximate surface area is 119 Å². The number of nitrogens with zero attached hydrogens (tertiary/aromatic N) is 2. The molecule has 0 spiro atoms. The first-order valence-electron chi connectivity index (χ1n) is 5.57. The fourth-order valence-corrected chi connectivity index (χ4v) is 4.47. The predicted molar refractivity (Wildman–Crippen MR) is 75.4 cm³/mol. The van der Waals surface area contributed by atoms with E-state index in [-0.39, 0.29) is 15.7 Å². The molecule has 3 rings (SSSR count). The lowest BCUT2D eigenvalue weighted by molar-refractivity contribution is -0.114. The zero-order valence-corrected chi connectivity index (χ0v) is 11.7. The number of carbonyl (C=O) groups excluding carboxylic acids is 1. The van der Waals surface area contributed by atoms with Gasteiger partial charge in [-0.15, -0.1) is 11.3 Å². The SMILES string of the molecule is NC(=O)C1=Cc2ccccc2S(=O)(=O)N1c1nccs1. The molecular weight excluding hydrogens is 298 g/mol. The quantitative estimate of drug-likeness (QED) is 0.901. The van der Waals surface area contributed by atoms with Gasteiger partial charge in [-0.25, -0.2) is 17.7 Å². The molecule has 1 aromatic carbocycles. The van der Waals surface area contributed by atoms with Crippen LogP contribution in [-0.4, -0.2) is 19.3 Å². The minimum atomic E-state index is -3.89. The van der Waals surface area contributed by atoms with Crippen molar-refractivity contribution in [2.75, 3.05) is 4.31 Å². The van der Waals surface area contributed by atoms with Gasteiger partial charge < -0.3 is 5.73 Å². The van der Waals surface area contributed by atoms with Crippen LogP contribution in [0.4, 0.5) is 5.13 Å². The third kappa shape index (κ3) is 1.81. The van der Waals surface area contributed by atoms with Crippen LogP contribution in [0, 0.1) is 0 Å². The maximum Gasteiger partial charge on any atom is 0.271 e. The second-order valence-corrected chi connectivity index (χ2v) is 6.64. The Morgan fingerprint density at radius 1 is 1.30 bits per heavy atom. The summed E-state index contributed by atoms with van der Waals surface area (Å²) in [5, 5.41) is 1.81. The zero-order chi connectivity index (χ0) is 14.3. The molecular formula is C12H9N3O3S2. The minimum Gasteiger partial charge on any atom is -0.364 e. The first-order chi connectivity index (χ1) is 9.51. The van der Waals surface area contributed by atoms with E-state index in [1.54, 1.807) is 23.6 Å². The summed E-state index contributed by atoms with van der Waals surface area (Å²) < 4.78 is 26.2. The summed E-state index contributed by atoms with van der Waals surface area (Å²) in [4.78, 5) is 15.7. The van der Waals surface area contributed by atoms with Gasteiger partial charge in [0.05, 0.1) is 4.90 Å². The molecule has 1 aromatic heterocycles. The number of benzene rings is 1. The molecule has 2 aromatic rings. The molecule has 0 radical (unpaired) electrons. The van der Waals surface area contributed by atoms with Gasteiger partial charge in [-0.2, -0.15) is 0 Å². The Bertz CT molecular complexity index is 810. The smallest absolute Gasteiger partial charge is 0.271 e. The summed E-state index contributed by atoms with van der Waals surface area (Å²) in [5.41, 5.74) is 5.63. The Hall–Kier alpha value is -2.19. The molecule has 102 valence electrons. The van der Waals surface area contributed by atoms with Crippen molar-refractivity contribution in [1.29, 1.82) is 0 Å². The molecule has 2 heterocycles. The second kappa shape index (κ2) is 4.43. The van der Waals surface area contributed by atoms with Crippen LogP contribution in [-0.2, 0) is 14.8 Å². The van der Waals surface area contributed by atoms with Crippen molar-refractivity contribution in [3.8, 4) is 0 Å². The third-order valence-electron chi connectivity index (χ3n) is 2.79. The number of rotatable bonds is 2. The maximum atomic E-state index is 12.7. The van der Waals surface area contributed by atoms with Gasteiger partial charge in [0.25, 0.3) is 15.9 Å². The van der Waals surface area contributed by atoms with E-state index in [1.807, 2.05) is 0 Å². The highest BCUT2D eigenvalue weighted by molar-refractivity contribution is 7.93. The van der Waals surface area contributed by atoms with Gasteiger partial charge in [0.1, 0.15) is 5.70 Å². The highest BCUT2D eigenvalue weighted by Gasteiger charge is 2.37. The fraction of sp³-hybridized carbons (Fsp3) is 0. The van der Waals surface area contributed by atoms with Gasteiger partial charge >= 0.3 is 0 Å². The molecule has 1 aliphatic rings. The van der Waals surface area contributed by atoms with Crippen LogP contribution in [0.2, 0.25) is 0 Å². The van der Waals surface area contributed by atoms with E-state index in [9.17, 15) is 13.2 Å². The molecule has 20 heavy (non-hydrogen) atoms. The van der Waals surface area contributed by atoms with Gasteiger partial charge in [-0.3, -0.25) is 4.79 Å². The molecule has 8 heteroatoms. The number of anilines is 1. The van der Waals surface area contributed by atoms with E-state index in [0.717, 1.165) is 15.6 Å². The first-order valence-corrected chi connectivity index (χ1v) is 7.89. The van der Waals surface area contributed by atoms with Crippen molar-refractivity contribution >= 4 is 38.5 Å². The van der Waals surface area contributed by atoms with Crippen LogP contribution in [0.1, 0.15) is 5.56 Å². The Kier molecular flexibility index (Phi) is 2.84. The predicted octanol–water partition coefficient (Wildman–Crippen LogP) is 1.18. The van der Waals surface area contributed by atoms with Gasteiger partial charge in [0.15, 0.2) is 0 Å². The van der Waals surface area contributed by atoms with E-state index in [2.05, 4.69) is 4.98 Å². The summed E-state index contributed by atoms with van der Waals surface area (Å²) in [7, 11) is -3.89. The average molecular weight is 307 g/mol. The van der Waals surface area contributed by atoms with Gasteiger partial charge in [-0.1, -0.05) is 18.2 Å². The lowest BCUT2D eigenvalue weighted by Gasteiger charge is -2.27. The monoisotopic (exact) mass is 307 g/mol. The lowest BCUT2D eigenvalue weighted by atomic mass is 10.2. The summed E-state index contributed by atoms with van der Waals surface area (Å²) in [6.07, 6.45) is 2.93. The van der Waals surface area contributed by atoms with Crippen LogP contribution in [0.15, 0.2) is 46.4 Å². The molecule has 1 aliphatic heterocycles. The standard InChI is InChI=1S/C12H9N3O3S2/c13-11(16)9-7-8-3-1-2-4-10(8)20(17,18)15(9)12-14-5-6-19-12/h1-7H,(H2,13,16). The Balaban J connectivity index is 2.32. The summed E-state index contributed by atoms with van der Waals surface area (Å²) in [5.74, 6) is -0.821. The molecule has 1 amide bonds. The van der Waals surface area contributed by atoms with Crippen LogP contribution in [0.25, 0.3) is 6.08 Å². The second-order valence-electron chi connectivity index (χ2n) is 4.02. The van der Waals surface area contributed by atoms with Gasteiger partial charge in [0, 0.05) is 11.6 Å². The van der Waals surface area contributed by atoms with Crippen molar-refractivity contribution in [1.82, 2.24) is 4.98 Å². The highest BCUT2D eigenvalue weighted by Crippen LogP contribution is 2.35. The lowest BCUT2D eigenvalue weighted by Crippen LogP contribution is -2.38. The number of amides is 1. The summed E-state index contributed by atoms with van der Waals surface area (Å²) >= 11 is 1.11. The zero-order valence-electron chi connectivity index (χ0n) is 10.1. The van der Waals surface area contributed by atoms with Crippen molar-refractivity contribution in [2.24, 2.45) is 5.73 Å². The van der Waals surface area contributed by atoms with E-state index in [4.69, 9.17) is 5.73 Å². The molecule has 0 aliphatic carbocycles. The number of hydrogen-bond donors (Lipinski definition) is 1. The van der Waals surface area contributed by atoms with Crippen molar-refractivity contribution < 1.29 is 13.2 Å². The number of carbonyl (C=O) groups is 1. The van der Waals surface area contributed by atoms with Crippen molar-refractivity contribution in [2.45, 2.75) is 4.90 Å². The number of nitrogens with two attached hydrogens (primary N) is 1. The van der Waals surface area contributed by atoms with E-state index < -0.39 is 15.9 Å². The molecule has 0 fully saturated rings. The minimum absolute atomic E-state index is 0.112. The van der Waals surface area contributed by atoms with Crippen LogP contribution in [0.3, 0.4) is 0 Å². The number of aromatic nitrogens is 1. The summed E-state index contributed by atoms with van der Waals surface area (Å²) in [6.45, 7) is 0.